The van der Waals surface area contributed by atoms with Crippen molar-refractivity contribution >= 4 is 40.4 Å². The molecule has 2 aliphatic rings. The first-order valence-electron chi connectivity index (χ1n) is 6.92. The Kier molecular flexibility index (Phi) is 3.71. The van der Waals surface area contributed by atoms with Gasteiger partial charge in [-0.15, -0.1) is 0 Å². The molecule has 1 aliphatic carbocycles. The zero-order chi connectivity index (χ0) is 14.7. The molecule has 1 fully saturated rings. The highest BCUT2D eigenvalue weighted by Gasteiger charge is 2.69. The fourth-order valence-corrected chi connectivity index (χ4v) is 26.0. The lowest BCUT2D eigenvalue weighted by Crippen LogP contribution is -2.63. The van der Waals surface area contributed by atoms with E-state index in [1.54, 1.807) is 0 Å². The number of nitrogens with zero attached hydrogens (tertiary/aromatic N) is 2. The van der Waals surface area contributed by atoms with Crippen LogP contribution in [0, 0.1) is 0 Å². The summed E-state index contributed by atoms with van der Waals surface area (Å²) in [7, 11) is -4.30. The summed E-state index contributed by atoms with van der Waals surface area (Å²) in [6.45, 7) is 14.0. The minimum Gasteiger partial charge on any atom is -0.296 e. The van der Waals surface area contributed by atoms with Gasteiger partial charge in [-0.2, -0.15) is 10.2 Å². The topological polar surface area (TPSA) is 41.8 Å². The Hall–Kier alpha value is 0.424. The van der Waals surface area contributed by atoms with Crippen LogP contribution in [0.3, 0.4) is 0 Å². The van der Waals surface area contributed by atoms with Crippen LogP contribution in [-0.2, 0) is 4.79 Å². The Morgan fingerprint density at radius 1 is 1.11 bits per heavy atom. The van der Waals surface area contributed by atoms with Crippen LogP contribution in [0.15, 0.2) is 10.2 Å². The van der Waals surface area contributed by atoms with Crippen LogP contribution < -0.4 is 0 Å². The number of azo groups is 1. The van der Waals surface area contributed by atoms with Crippen molar-refractivity contribution in [3.63, 3.8) is 0 Å². The van der Waals surface area contributed by atoms with Crippen LogP contribution in [0.2, 0.25) is 39.3 Å². The first kappa shape index (κ1) is 15.8. The molecule has 0 bridgehead atoms. The molecule has 19 heavy (non-hydrogen) atoms. The second kappa shape index (κ2) is 4.46. The third-order valence-corrected chi connectivity index (χ3v) is 23.0. The van der Waals surface area contributed by atoms with Crippen molar-refractivity contribution in [3.8, 4) is 0 Å². The van der Waals surface area contributed by atoms with E-state index < -0.39 is 28.7 Å². The molecule has 0 N–H and O–H groups in total. The quantitative estimate of drug-likeness (QED) is 0.518. The number of Topliss-reactive ketones (excluding diaryl/α,β-unsaturated/α-hetero) is 1. The highest BCUT2D eigenvalue weighted by atomic mass is 35.7. The molecule has 1 heterocycles. The average molecular weight is 335 g/mol. The number of hydrogen-bond donors (Lipinski definition) is 0. The average Bonchev–Trinajstić information content (AvgIpc) is 2.71. The molecule has 0 aromatic carbocycles. The van der Waals surface area contributed by atoms with E-state index in [1.807, 2.05) is 0 Å². The van der Waals surface area contributed by atoms with Crippen molar-refractivity contribution in [2.75, 3.05) is 0 Å². The lowest BCUT2D eigenvalue weighted by atomic mass is 10.2. The normalized spacial score (nSPS) is 34.5. The summed E-state index contributed by atoms with van der Waals surface area (Å²) in [5, 5.41) is 8.73. The Morgan fingerprint density at radius 2 is 1.63 bits per heavy atom. The smallest absolute Gasteiger partial charge is 0.174 e. The van der Waals surface area contributed by atoms with Crippen LogP contribution in [0.1, 0.15) is 19.3 Å². The van der Waals surface area contributed by atoms with Gasteiger partial charge in [-0.05, 0) is 12.8 Å². The summed E-state index contributed by atoms with van der Waals surface area (Å²) in [4.78, 5) is 12.4. The number of rotatable bonds is 2. The van der Waals surface area contributed by atoms with Gasteiger partial charge in [0.1, 0.15) is 0 Å². The largest absolute Gasteiger partial charge is 0.296 e. The van der Waals surface area contributed by atoms with E-state index >= 15 is 0 Å². The van der Waals surface area contributed by atoms with Gasteiger partial charge in [-0.3, -0.25) is 4.79 Å². The standard InChI is InChI=1S/C12H24ClN2OPSi2/c1-18(2,3)12(19(4,5)6)15-14-11(17(12)13)9-7-8-10(11)16/h7-9H2,1-6H3/t11-,17-/m0/s1. The van der Waals surface area contributed by atoms with E-state index in [4.69, 9.17) is 16.4 Å². The molecule has 0 aromatic heterocycles. The fourth-order valence-electron chi connectivity index (χ4n) is 3.66. The van der Waals surface area contributed by atoms with E-state index in [1.165, 1.54) is 0 Å². The first-order chi connectivity index (χ1) is 8.49. The van der Waals surface area contributed by atoms with E-state index in [9.17, 15) is 4.79 Å². The summed E-state index contributed by atoms with van der Waals surface area (Å²) >= 11 is 6.99. The molecule has 1 saturated carbocycles. The number of carbonyl (C=O) groups is 1. The third-order valence-electron chi connectivity index (χ3n) is 4.44. The molecule has 2 rings (SSSR count). The summed E-state index contributed by atoms with van der Waals surface area (Å²) < 4.78 is -0.170. The molecule has 0 radical (unpaired) electrons. The minimum absolute atomic E-state index is 0.170. The maximum absolute atomic E-state index is 12.4. The van der Waals surface area contributed by atoms with E-state index in [-0.39, 0.29) is 10.3 Å². The highest BCUT2D eigenvalue weighted by molar-refractivity contribution is 7.91. The van der Waals surface area contributed by atoms with Crippen LogP contribution >= 0.6 is 18.5 Å². The lowest BCUT2D eigenvalue weighted by Gasteiger charge is -2.49. The van der Waals surface area contributed by atoms with Crippen molar-refractivity contribution in [3.05, 3.63) is 0 Å². The molecule has 1 aliphatic heterocycles. The van der Waals surface area contributed by atoms with Gasteiger partial charge in [0.15, 0.2) is 11.1 Å². The number of hydrogen-bond acceptors (Lipinski definition) is 3. The fraction of sp³-hybridized carbons (Fsp3) is 0.917. The molecule has 7 heteroatoms. The number of carbonyl (C=O) groups excluding carboxylic acids is 1. The maximum Gasteiger partial charge on any atom is 0.174 e. The van der Waals surface area contributed by atoms with Gasteiger partial charge in [0.05, 0.1) is 27.9 Å². The molecule has 2 atom stereocenters. The first-order valence-corrected chi connectivity index (χ1v) is 16.2. The monoisotopic (exact) mass is 334 g/mol. The summed E-state index contributed by atoms with van der Waals surface area (Å²) in [5.41, 5.74) is 0. The lowest BCUT2D eigenvalue weighted by molar-refractivity contribution is -0.119. The molecule has 0 amide bonds. The van der Waals surface area contributed by atoms with Crippen molar-refractivity contribution in [2.24, 2.45) is 10.2 Å². The molecule has 0 saturated heterocycles. The van der Waals surface area contributed by atoms with Crippen LogP contribution in [0.5, 0.6) is 0 Å². The van der Waals surface area contributed by atoms with E-state index in [0.29, 0.717) is 6.42 Å². The zero-order valence-corrected chi connectivity index (χ0v) is 16.4. The van der Waals surface area contributed by atoms with Gasteiger partial charge in [-0.25, -0.2) is 0 Å². The number of ketones is 1. The van der Waals surface area contributed by atoms with Gasteiger partial charge in [-0.1, -0.05) is 50.5 Å². The Bertz CT molecular complexity index is 430. The van der Waals surface area contributed by atoms with Gasteiger partial charge in [0.25, 0.3) is 0 Å². The Balaban J connectivity index is 2.57. The zero-order valence-electron chi connectivity index (χ0n) is 12.7. The third kappa shape index (κ3) is 1.95. The second-order valence-electron chi connectivity index (χ2n) is 7.75. The van der Waals surface area contributed by atoms with Gasteiger partial charge >= 0.3 is 0 Å². The van der Waals surface area contributed by atoms with Crippen LogP contribution in [0.4, 0.5) is 0 Å². The highest BCUT2D eigenvalue weighted by Crippen LogP contribution is 2.76. The van der Waals surface area contributed by atoms with Crippen LogP contribution in [-0.4, -0.2) is 31.7 Å². The summed E-state index contributed by atoms with van der Waals surface area (Å²) in [6.07, 6.45) is 2.39. The van der Waals surface area contributed by atoms with Crippen molar-refractivity contribution < 1.29 is 4.79 Å². The molecular formula is C12H24ClN2OPSi2. The molecule has 0 aromatic rings. The van der Waals surface area contributed by atoms with Crippen molar-refractivity contribution in [1.82, 2.24) is 0 Å². The number of halogens is 1. The predicted molar refractivity (Wildman–Crippen MR) is 88.6 cm³/mol. The molecule has 108 valence electrons. The van der Waals surface area contributed by atoms with Crippen LogP contribution in [0.25, 0.3) is 0 Å². The maximum atomic E-state index is 12.4. The molecular weight excluding hydrogens is 311 g/mol. The second-order valence-corrected chi connectivity index (χ2v) is 22.5. The van der Waals surface area contributed by atoms with E-state index in [2.05, 4.69) is 44.4 Å². The van der Waals surface area contributed by atoms with Gasteiger partial charge in [0, 0.05) is 6.42 Å². The van der Waals surface area contributed by atoms with Gasteiger partial charge < -0.3 is 0 Å². The predicted octanol–water partition coefficient (Wildman–Crippen LogP) is 4.99. The Morgan fingerprint density at radius 3 is 1.95 bits per heavy atom. The summed E-state index contributed by atoms with van der Waals surface area (Å²) in [5.74, 6) is 0.246. The molecule has 0 unspecified atom stereocenters. The molecule has 3 nitrogen and oxygen atoms in total. The Labute approximate surface area is 124 Å². The van der Waals surface area contributed by atoms with E-state index in [0.717, 1.165) is 12.8 Å². The summed E-state index contributed by atoms with van der Waals surface area (Å²) in [6, 6.07) is 0. The van der Waals surface area contributed by atoms with Gasteiger partial charge in [0.2, 0.25) is 0 Å². The minimum atomic E-state index is -1.65. The molecule has 1 spiro atoms. The van der Waals surface area contributed by atoms with Crippen molar-refractivity contribution in [1.29, 1.82) is 0 Å². The SMILES string of the molecule is C[Si](C)(C)C1([Si](C)(C)C)N=N[C@@]2(CCCC2=O)[P@]1Cl. The van der Waals surface area contributed by atoms with Crippen molar-refractivity contribution in [2.45, 2.75) is 68.4 Å².